The van der Waals surface area contributed by atoms with E-state index in [2.05, 4.69) is 15.5 Å². The van der Waals surface area contributed by atoms with E-state index in [1.165, 1.54) is 0 Å². The van der Waals surface area contributed by atoms with Gasteiger partial charge in [0.2, 0.25) is 0 Å². The average molecular weight is 189 g/mol. The number of aromatic amines is 1. The quantitative estimate of drug-likeness (QED) is 0.738. The summed E-state index contributed by atoms with van der Waals surface area (Å²) in [5, 5.41) is 11.2. The molecule has 2 N–H and O–H groups in total. The topological polar surface area (TPSA) is 49.9 Å². The maximum atomic E-state index is 5.79. The zero-order chi connectivity index (χ0) is 9.38. The first-order chi connectivity index (χ1) is 6.93. The van der Waals surface area contributed by atoms with Crippen molar-refractivity contribution < 1.29 is 4.74 Å². The Balaban J connectivity index is 1.97. The van der Waals surface area contributed by atoms with Gasteiger partial charge in [-0.3, -0.25) is 5.10 Å². The van der Waals surface area contributed by atoms with E-state index in [1.807, 2.05) is 18.2 Å². The maximum Gasteiger partial charge on any atom is 0.145 e. The molecule has 0 spiro atoms. The van der Waals surface area contributed by atoms with Crippen LogP contribution in [0.5, 0.6) is 5.75 Å². The highest BCUT2D eigenvalue weighted by molar-refractivity contribution is 5.83. The van der Waals surface area contributed by atoms with Crippen LogP contribution < -0.4 is 10.1 Å². The van der Waals surface area contributed by atoms with Crippen molar-refractivity contribution in [2.24, 2.45) is 0 Å². The Kier molecular flexibility index (Phi) is 1.67. The molecule has 0 saturated carbocycles. The van der Waals surface area contributed by atoms with Gasteiger partial charge in [0.1, 0.15) is 17.4 Å². The summed E-state index contributed by atoms with van der Waals surface area (Å²) in [7, 11) is 0. The number of para-hydroxylation sites is 1. The lowest BCUT2D eigenvalue weighted by Gasteiger charge is -2.27. The van der Waals surface area contributed by atoms with E-state index in [4.69, 9.17) is 4.74 Å². The number of hydrogen-bond acceptors (Lipinski definition) is 3. The van der Waals surface area contributed by atoms with Crippen molar-refractivity contribution >= 4 is 10.9 Å². The van der Waals surface area contributed by atoms with E-state index in [0.29, 0.717) is 6.10 Å². The minimum absolute atomic E-state index is 0.309. The van der Waals surface area contributed by atoms with Gasteiger partial charge < -0.3 is 10.1 Å². The van der Waals surface area contributed by atoms with E-state index in [9.17, 15) is 0 Å². The van der Waals surface area contributed by atoms with E-state index < -0.39 is 0 Å². The van der Waals surface area contributed by atoms with Crippen LogP contribution in [0.1, 0.15) is 0 Å². The van der Waals surface area contributed by atoms with Gasteiger partial charge in [0.05, 0.1) is 6.20 Å². The second-order valence-electron chi connectivity index (χ2n) is 3.49. The minimum atomic E-state index is 0.309. The molecule has 1 aromatic carbocycles. The summed E-state index contributed by atoms with van der Waals surface area (Å²) in [4.78, 5) is 0. The first kappa shape index (κ1) is 7.82. The highest BCUT2D eigenvalue weighted by atomic mass is 16.5. The summed E-state index contributed by atoms with van der Waals surface area (Å²) in [5.74, 6) is 0.895. The fourth-order valence-electron chi connectivity index (χ4n) is 1.56. The van der Waals surface area contributed by atoms with Crippen LogP contribution in [0, 0.1) is 0 Å². The summed E-state index contributed by atoms with van der Waals surface area (Å²) in [6, 6.07) is 5.98. The molecule has 1 saturated heterocycles. The van der Waals surface area contributed by atoms with Crippen molar-refractivity contribution in [3.63, 3.8) is 0 Å². The molecule has 1 aliphatic rings. The van der Waals surface area contributed by atoms with Crippen LogP contribution in [0.25, 0.3) is 10.9 Å². The van der Waals surface area contributed by atoms with Crippen LogP contribution in [0.2, 0.25) is 0 Å². The molecule has 0 radical (unpaired) electrons. The molecule has 0 atom stereocenters. The molecule has 0 unspecified atom stereocenters. The molecular weight excluding hydrogens is 178 g/mol. The number of nitrogens with one attached hydrogen (secondary N) is 2. The molecule has 4 nitrogen and oxygen atoms in total. The molecule has 0 bridgehead atoms. The smallest absolute Gasteiger partial charge is 0.145 e. The van der Waals surface area contributed by atoms with Gasteiger partial charge in [-0.15, -0.1) is 0 Å². The number of nitrogens with zero attached hydrogens (tertiary/aromatic N) is 1. The number of rotatable bonds is 2. The first-order valence-electron chi connectivity index (χ1n) is 4.73. The molecule has 72 valence electrons. The number of aromatic nitrogens is 2. The SMILES string of the molecule is c1cc(OC2CNC2)c2[nH]ncc2c1. The number of hydrogen-bond donors (Lipinski definition) is 2. The van der Waals surface area contributed by atoms with Crippen molar-refractivity contribution in [2.75, 3.05) is 13.1 Å². The van der Waals surface area contributed by atoms with Gasteiger partial charge in [-0.05, 0) is 6.07 Å². The standard InChI is InChI=1S/C10H11N3O/c1-2-7-4-12-13-10(7)9(3-1)14-8-5-11-6-8/h1-4,8,11H,5-6H2,(H,12,13). The Morgan fingerprint density at radius 2 is 2.29 bits per heavy atom. The average Bonchev–Trinajstić information content (AvgIpc) is 2.59. The molecule has 0 aliphatic carbocycles. The predicted molar refractivity (Wildman–Crippen MR) is 53.4 cm³/mol. The summed E-state index contributed by atoms with van der Waals surface area (Å²) in [5.41, 5.74) is 0.986. The molecular formula is C10H11N3O. The molecule has 3 rings (SSSR count). The molecule has 4 heteroatoms. The van der Waals surface area contributed by atoms with Gasteiger partial charge in [-0.1, -0.05) is 12.1 Å². The van der Waals surface area contributed by atoms with E-state index >= 15 is 0 Å². The van der Waals surface area contributed by atoms with E-state index in [0.717, 1.165) is 29.7 Å². The Morgan fingerprint density at radius 1 is 1.36 bits per heavy atom. The molecule has 2 aromatic rings. The van der Waals surface area contributed by atoms with Crippen molar-refractivity contribution in [3.05, 3.63) is 24.4 Å². The van der Waals surface area contributed by atoms with Gasteiger partial charge in [0.25, 0.3) is 0 Å². The third-order valence-electron chi connectivity index (χ3n) is 2.48. The fraction of sp³-hybridized carbons (Fsp3) is 0.300. The van der Waals surface area contributed by atoms with Crippen LogP contribution in [0.4, 0.5) is 0 Å². The third-order valence-corrected chi connectivity index (χ3v) is 2.48. The summed E-state index contributed by atoms with van der Waals surface area (Å²) in [6.45, 7) is 1.87. The highest BCUT2D eigenvalue weighted by Gasteiger charge is 2.19. The summed E-state index contributed by atoms with van der Waals surface area (Å²) >= 11 is 0. The van der Waals surface area contributed by atoms with Crippen LogP contribution in [-0.2, 0) is 0 Å². The van der Waals surface area contributed by atoms with Gasteiger partial charge in [-0.25, -0.2) is 0 Å². The van der Waals surface area contributed by atoms with Gasteiger partial charge in [0, 0.05) is 18.5 Å². The number of H-pyrrole nitrogens is 1. The van der Waals surface area contributed by atoms with Gasteiger partial charge in [0.15, 0.2) is 0 Å². The lowest BCUT2D eigenvalue weighted by Crippen LogP contribution is -2.50. The zero-order valence-electron chi connectivity index (χ0n) is 7.66. The predicted octanol–water partition coefficient (Wildman–Crippen LogP) is 0.913. The lowest BCUT2D eigenvalue weighted by atomic mass is 10.2. The van der Waals surface area contributed by atoms with Crippen molar-refractivity contribution in [1.82, 2.24) is 15.5 Å². The maximum absolute atomic E-state index is 5.79. The largest absolute Gasteiger partial charge is 0.486 e. The van der Waals surface area contributed by atoms with E-state index in [1.54, 1.807) is 6.20 Å². The Bertz CT molecular complexity index is 447. The first-order valence-corrected chi connectivity index (χ1v) is 4.73. The number of ether oxygens (including phenoxy) is 1. The number of benzene rings is 1. The molecule has 1 fully saturated rings. The highest BCUT2D eigenvalue weighted by Crippen LogP contribution is 2.24. The van der Waals surface area contributed by atoms with Crippen molar-refractivity contribution in [3.8, 4) is 5.75 Å². The minimum Gasteiger partial charge on any atom is -0.486 e. The Morgan fingerprint density at radius 3 is 3.07 bits per heavy atom. The van der Waals surface area contributed by atoms with Crippen LogP contribution in [0.15, 0.2) is 24.4 Å². The van der Waals surface area contributed by atoms with Gasteiger partial charge >= 0.3 is 0 Å². The van der Waals surface area contributed by atoms with Crippen LogP contribution >= 0.6 is 0 Å². The van der Waals surface area contributed by atoms with Gasteiger partial charge in [-0.2, -0.15) is 5.10 Å². The van der Waals surface area contributed by atoms with Crippen molar-refractivity contribution in [2.45, 2.75) is 6.10 Å². The normalized spacial score (nSPS) is 16.9. The number of fused-ring (bicyclic) bond motifs is 1. The Hall–Kier alpha value is -1.55. The Labute approximate surface area is 81.3 Å². The van der Waals surface area contributed by atoms with E-state index in [-0.39, 0.29) is 0 Å². The van der Waals surface area contributed by atoms with Crippen molar-refractivity contribution in [1.29, 1.82) is 0 Å². The molecule has 1 aliphatic heterocycles. The van der Waals surface area contributed by atoms with Crippen LogP contribution in [0.3, 0.4) is 0 Å². The lowest BCUT2D eigenvalue weighted by molar-refractivity contribution is 0.144. The van der Waals surface area contributed by atoms with Crippen LogP contribution in [-0.4, -0.2) is 29.4 Å². The molecule has 14 heavy (non-hydrogen) atoms. The summed E-state index contributed by atoms with van der Waals surface area (Å²) < 4.78 is 5.79. The molecule has 1 aromatic heterocycles. The zero-order valence-corrected chi connectivity index (χ0v) is 7.66. The second-order valence-corrected chi connectivity index (χ2v) is 3.49. The third kappa shape index (κ3) is 1.15. The monoisotopic (exact) mass is 189 g/mol. The molecule has 0 amide bonds. The fourth-order valence-corrected chi connectivity index (χ4v) is 1.56. The summed E-state index contributed by atoms with van der Waals surface area (Å²) in [6.07, 6.45) is 2.12. The molecule has 2 heterocycles. The second kappa shape index (κ2) is 2.99.